The highest BCUT2D eigenvalue weighted by Gasteiger charge is 2.62. The van der Waals surface area contributed by atoms with E-state index in [0.717, 1.165) is 29.6 Å². The van der Waals surface area contributed by atoms with E-state index in [-0.39, 0.29) is 5.60 Å². The van der Waals surface area contributed by atoms with Crippen LogP contribution in [-0.4, -0.2) is 28.3 Å². The molecular formula is C25H48O2Si2. The molecule has 2 nitrogen and oxygen atoms in total. The molecule has 0 aromatic rings. The molecule has 0 spiro atoms. The van der Waals surface area contributed by atoms with Gasteiger partial charge in [-0.15, -0.1) is 0 Å². The van der Waals surface area contributed by atoms with Crippen molar-refractivity contribution in [2.24, 2.45) is 35.0 Å². The second-order valence-corrected chi connectivity index (χ2v) is 22.4. The molecule has 0 heterocycles. The zero-order chi connectivity index (χ0) is 21.2. The van der Waals surface area contributed by atoms with Crippen LogP contribution < -0.4 is 0 Å². The summed E-state index contributed by atoms with van der Waals surface area (Å²) in [7, 11) is -2.94. The van der Waals surface area contributed by atoms with Crippen LogP contribution in [0.5, 0.6) is 0 Å². The Morgan fingerprint density at radius 1 is 0.690 bits per heavy atom. The van der Waals surface area contributed by atoms with Gasteiger partial charge in [-0.05, 0) is 139 Å². The van der Waals surface area contributed by atoms with Gasteiger partial charge < -0.3 is 8.85 Å². The number of hydrogen-bond acceptors (Lipinski definition) is 2. The van der Waals surface area contributed by atoms with Crippen molar-refractivity contribution in [3.63, 3.8) is 0 Å². The first-order valence-corrected chi connectivity index (χ1v) is 19.5. The van der Waals surface area contributed by atoms with E-state index in [9.17, 15) is 0 Å². The summed E-state index contributed by atoms with van der Waals surface area (Å²) in [6.07, 6.45) is 13.2. The molecular weight excluding hydrogens is 388 g/mol. The van der Waals surface area contributed by atoms with Gasteiger partial charge in [-0.1, -0.05) is 6.92 Å². The minimum Gasteiger partial charge on any atom is -0.415 e. The van der Waals surface area contributed by atoms with Crippen molar-refractivity contribution in [2.75, 3.05) is 0 Å². The molecule has 168 valence electrons. The molecule has 8 atom stereocenters. The van der Waals surface area contributed by atoms with Crippen LogP contribution in [0.15, 0.2) is 0 Å². The Balaban J connectivity index is 1.47. The second-order valence-electron chi connectivity index (χ2n) is 13.5. The van der Waals surface area contributed by atoms with Crippen LogP contribution in [-0.2, 0) is 8.85 Å². The van der Waals surface area contributed by atoms with Gasteiger partial charge in [0.2, 0.25) is 0 Å². The predicted molar refractivity (Wildman–Crippen MR) is 128 cm³/mol. The highest BCUT2D eigenvalue weighted by Crippen LogP contribution is 2.66. The third-order valence-electron chi connectivity index (χ3n) is 9.49. The van der Waals surface area contributed by atoms with E-state index in [2.05, 4.69) is 53.1 Å². The molecule has 0 aromatic heterocycles. The molecule has 4 heteroatoms. The maximum Gasteiger partial charge on any atom is 0.184 e. The van der Waals surface area contributed by atoms with Crippen LogP contribution in [0.2, 0.25) is 39.3 Å². The fourth-order valence-corrected chi connectivity index (χ4v) is 11.4. The van der Waals surface area contributed by atoms with Crippen molar-refractivity contribution in [2.45, 2.75) is 123 Å². The average molecular weight is 437 g/mol. The maximum atomic E-state index is 6.93. The first-order valence-electron chi connectivity index (χ1n) is 12.7. The van der Waals surface area contributed by atoms with E-state index >= 15 is 0 Å². The minimum atomic E-state index is -1.53. The molecule has 4 fully saturated rings. The summed E-state index contributed by atoms with van der Waals surface area (Å²) in [6, 6.07) is 0. The molecule has 0 radical (unpaired) electrons. The highest BCUT2D eigenvalue weighted by atomic mass is 28.4. The Morgan fingerprint density at radius 3 is 2.03 bits per heavy atom. The average Bonchev–Trinajstić information content (AvgIpc) is 2.82. The summed E-state index contributed by atoms with van der Waals surface area (Å²) < 4.78 is 13.5. The van der Waals surface area contributed by atoms with Gasteiger partial charge in [0, 0.05) is 6.10 Å². The lowest BCUT2D eigenvalue weighted by molar-refractivity contribution is -0.118. The molecule has 4 saturated carbocycles. The molecule has 0 bridgehead atoms. The zero-order valence-electron chi connectivity index (χ0n) is 20.6. The third-order valence-corrected chi connectivity index (χ3v) is 11.6. The quantitative estimate of drug-likeness (QED) is 0.425. The SMILES string of the molecule is C[C@]12CCC3C(CC[C@H]4C[C@@H](O[Si](C)(C)C)CCC34)C1CC[C@]2(C)O[Si](C)(C)C. The van der Waals surface area contributed by atoms with Gasteiger partial charge in [0.05, 0.1) is 5.60 Å². The Morgan fingerprint density at radius 2 is 1.38 bits per heavy atom. The molecule has 0 saturated heterocycles. The summed E-state index contributed by atoms with van der Waals surface area (Å²) in [5.74, 6) is 4.80. The van der Waals surface area contributed by atoms with Gasteiger partial charge in [0.1, 0.15) is 0 Å². The van der Waals surface area contributed by atoms with Gasteiger partial charge in [0.25, 0.3) is 0 Å². The highest BCUT2D eigenvalue weighted by molar-refractivity contribution is 6.70. The number of fused-ring (bicyclic) bond motifs is 5. The van der Waals surface area contributed by atoms with E-state index in [4.69, 9.17) is 8.85 Å². The van der Waals surface area contributed by atoms with Crippen molar-refractivity contribution in [1.82, 2.24) is 0 Å². The first kappa shape index (κ1) is 22.5. The van der Waals surface area contributed by atoms with Gasteiger partial charge in [-0.3, -0.25) is 0 Å². The fourth-order valence-electron chi connectivity index (χ4n) is 8.49. The standard InChI is InChI=1S/C25H48O2Si2/c1-24-15-13-21-20-12-10-19(26-28(3,4)5)17-18(20)9-11-22(21)23(24)14-16-25(24,2)27-29(6,7)8/h18-23H,9-17H2,1-8H3/t18-,19-,20?,21?,22?,23?,24-,25-/m0/s1. The molecule has 4 aliphatic carbocycles. The van der Waals surface area contributed by atoms with E-state index < -0.39 is 16.6 Å². The normalized spacial score (nSPS) is 48.0. The molecule has 29 heavy (non-hydrogen) atoms. The van der Waals surface area contributed by atoms with Crippen molar-refractivity contribution in [3.05, 3.63) is 0 Å². The van der Waals surface area contributed by atoms with Crippen LogP contribution in [0.4, 0.5) is 0 Å². The Labute approximate surface area is 183 Å². The summed E-state index contributed by atoms with van der Waals surface area (Å²) in [4.78, 5) is 0. The van der Waals surface area contributed by atoms with Gasteiger partial charge in [-0.2, -0.15) is 0 Å². The summed E-state index contributed by atoms with van der Waals surface area (Å²) in [5.41, 5.74) is 0.520. The largest absolute Gasteiger partial charge is 0.415 e. The lowest BCUT2D eigenvalue weighted by atomic mass is 9.49. The smallest absolute Gasteiger partial charge is 0.184 e. The molecule has 4 rings (SSSR count). The van der Waals surface area contributed by atoms with Crippen molar-refractivity contribution in [3.8, 4) is 0 Å². The van der Waals surface area contributed by atoms with Crippen LogP contribution in [0.3, 0.4) is 0 Å². The number of rotatable bonds is 4. The van der Waals surface area contributed by atoms with Crippen molar-refractivity contribution >= 4 is 16.6 Å². The number of hydrogen-bond donors (Lipinski definition) is 0. The molecule has 4 unspecified atom stereocenters. The zero-order valence-corrected chi connectivity index (χ0v) is 22.6. The lowest BCUT2D eigenvalue weighted by Crippen LogP contribution is -2.56. The Bertz CT molecular complexity index is 609. The molecule has 0 amide bonds. The minimum absolute atomic E-state index is 0.118. The maximum absolute atomic E-state index is 6.93. The summed E-state index contributed by atoms with van der Waals surface area (Å²) in [6.45, 7) is 19.3. The first-order chi connectivity index (χ1) is 13.3. The van der Waals surface area contributed by atoms with E-state index in [1.807, 2.05) is 0 Å². The van der Waals surface area contributed by atoms with Crippen LogP contribution in [0, 0.1) is 35.0 Å². The predicted octanol–water partition coefficient (Wildman–Crippen LogP) is 7.47. The summed E-state index contributed by atoms with van der Waals surface area (Å²) in [5, 5.41) is 0. The fraction of sp³-hybridized carbons (Fsp3) is 1.00. The van der Waals surface area contributed by atoms with Gasteiger partial charge in [-0.25, -0.2) is 0 Å². The van der Waals surface area contributed by atoms with Gasteiger partial charge in [0.15, 0.2) is 16.6 Å². The topological polar surface area (TPSA) is 18.5 Å². The molecule has 0 aliphatic heterocycles. The molecule has 4 aliphatic rings. The van der Waals surface area contributed by atoms with Crippen LogP contribution in [0.1, 0.15) is 71.6 Å². The second kappa shape index (κ2) is 7.45. The van der Waals surface area contributed by atoms with E-state index in [0.29, 0.717) is 11.5 Å². The van der Waals surface area contributed by atoms with Crippen molar-refractivity contribution in [1.29, 1.82) is 0 Å². The van der Waals surface area contributed by atoms with Gasteiger partial charge >= 0.3 is 0 Å². The third kappa shape index (κ3) is 4.21. The molecule has 0 N–H and O–H groups in total. The van der Waals surface area contributed by atoms with Crippen LogP contribution in [0.25, 0.3) is 0 Å². The van der Waals surface area contributed by atoms with Crippen LogP contribution >= 0.6 is 0 Å². The van der Waals surface area contributed by atoms with E-state index in [1.165, 1.54) is 57.8 Å². The van der Waals surface area contributed by atoms with Crippen molar-refractivity contribution < 1.29 is 8.85 Å². The monoisotopic (exact) mass is 436 g/mol. The lowest BCUT2D eigenvalue weighted by Gasteiger charge is -2.58. The van der Waals surface area contributed by atoms with E-state index in [1.54, 1.807) is 0 Å². The Hall–Kier alpha value is 0.354. The summed E-state index contributed by atoms with van der Waals surface area (Å²) >= 11 is 0. The molecule has 0 aromatic carbocycles. The Kier molecular flexibility index (Phi) is 5.79.